The number of hydrogen-bond acceptors (Lipinski definition) is 5. The Morgan fingerprint density at radius 3 is 2.57 bits per heavy atom. The number of carboxylic acids is 1. The molecular weight excluding hydrogens is 367 g/mol. The molecule has 1 saturated carbocycles. The summed E-state index contributed by atoms with van der Waals surface area (Å²) >= 11 is 0. The van der Waals surface area contributed by atoms with E-state index in [4.69, 9.17) is 4.74 Å². The second-order valence-corrected chi connectivity index (χ2v) is 7.72. The molecule has 4 rings (SSSR count). The highest BCUT2D eigenvalue weighted by Gasteiger charge is 2.37. The third-order valence-corrected chi connectivity index (χ3v) is 5.71. The Bertz CT molecular complexity index is 1010. The van der Waals surface area contributed by atoms with Crippen LogP contribution in [0.3, 0.4) is 0 Å². The minimum Gasteiger partial charge on any atom is -0.494 e. The van der Waals surface area contributed by atoms with Gasteiger partial charge in [-0.3, -0.25) is 4.79 Å². The highest BCUT2D eigenvalue weighted by molar-refractivity contribution is 6.00. The van der Waals surface area contributed by atoms with Crippen LogP contribution < -0.4 is 15.1 Å². The van der Waals surface area contributed by atoms with Gasteiger partial charge in [0.15, 0.2) is 0 Å². The number of rotatable bonds is 4. The van der Waals surface area contributed by atoms with Gasteiger partial charge in [0.25, 0.3) is 0 Å². The first-order valence-corrected chi connectivity index (χ1v) is 9.45. The SMILES string of the molecule is COc1cc(F)cc2c(=O)c(C(=O)O)c(N3CC[C@@H](O)[C@H](C)C3)n(C3CC3)c12. The van der Waals surface area contributed by atoms with Crippen molar-refractivity contribution in [1.29, 1.82) is 0 Å². The van der Waals surface area contributed by atoms with Crippen LogP contribution in [0.2, 0.25) is 0 Å². The summed E-state index contributed by atoms with van der Waals surface area (Å²) < 4.78 is 21.3. The number of nitrogens with zero attached hydrogens (tertiary/aromatic N) is 2. The number of aromatic carboxylic acids is 1. The van der Waals surface area contributed by atoms with Gasteiger partial charge in [-0.05, 0) is 31.2 Å². The van der Waals surface area contributed by atoms with Gasteiger partial charge in [-0.2, -0.15) is 0 Å². The monoisotopic (exact) mass is 390 g/mol. The molecule has 0 unspecified atom stereocenters. The topological polar surface area (TPSA) is 92.0 Å². The molecule has 2 atom stereocenters. The average molecular weight is 390 g/mol. The first-order valence-electron chi connectivity index (χ1n) is 9.45. The summed E-state index contributed by atoms with van der Waals surface area (Å²) in [7, 11) is 1.40. The molecule has 0 radical (unpaired) electrons. The van der Waals surface area contributed by atoms with Crippen LogP contribution in [0.1, 0.15) is 42.6 Å². The molecule has 2 heterocycles. The van der Waals surface area contributed by atoms with Gasteiger partial charge >= 0.3 is 5.97 Å². The number of pyridine rings is 1. The minimum atomic E-state index is -1.33. The van der Waals surface area contributed by atoms with Crippen LogP contribution in [0.4, 0.5) is 10.2 Å². The van der Waals surface area contributed by atoms with Gasteiger partial charge in [0, 0.05) is 25.2 Å². The summed E-state index contributed by atoms with van der Waals surface area (Å²) in [6, 6.07) is 2.32. The number of fused-ring (bicyclic) bond motifs is 1. The standard InChI is InChI=1S/C20H23FN2O5/c1-10-9-22(6-5-14(10)24)19-16(20(26)27)18(25)13-7-11(21)8-15(28-2)17(13)23(19)12-3-4-12/h7-8,10,12,14,24H,3-6,9H2,1-2H3,(H,26,27)/t10-,14-/m1/s1. The van der Waals surface area contributed by atoms with Crippen molar-refractivity contribution in [1.82, 2.24) is 4.57 Å². The van der Waals surface area contributed by atoms with Crippen molar-refractivity contribution < 1.29 is 24.1 Å². The molecule has 28 heavy (non-hydrogen) atoms. The smallest absolute Gasteiger partial charge is 0.343 e. The molecule has 2 aromatic rings. The molecule has 2 fully saturated rings. The fourth-order valence-corrected chi connectivity index (χ4v) is 4.13. The van der Waals surface area contributed by atoms with Gasteiger partial charge in [0.1, 0.15) is 22.9 Å². The first kappa shape index (κ1) is 18.7. The Morgan fingerprint density at radius 2 is 2.00 bits per heavy atom. The number of methoxy groups -OCH3 is 1. The summed E-state index contributed by atoms with van der Waals surface area (Å²) in [5.41, 5.74) is -0.642. The van der Waals surface area contributed by atoms with Crippen molar-refractivity contribution in [2.45, 2.75) is 38.3 Å². The molecule has 1 saturated heterocycles. The van der Waals surface area contributed by atoms with Crippen LogP contribution in [0.15, 0.2) is 16.9 Å². The van der Waals surface area contributed by atoms with E-state index in [1.807, 2.05) is 16.4 Å². The van der Waals surface area contributed by atoms with Crippen LogP contribution in [0.5, 0.6) is 5.75 Å². The van der Waals surface area contributed by atoms with Crippen molar-refractivity contribution >= 4 is 22.7 Å². The van der Waals surface area contributed by atoms with Crippen molar-refractivity contribution in [3.63, 3.8) is 0 Å². The van der Waals surface area contributed by atoms with Crippen molar-refractivity contribution in [2.24, 2.45) is 5.92 Å². The van der Waals surface area contributed by atoms with E-state index in [-0.39, 0.29) is 28.7 Å². The van der Waals surface area contributed by atoms with Gasteiger partial charge in [0.05, 0.1) is 24.1 Å². The fourth-order valence-electron chi connectivity index (χ4n) is 4.13. The molecule has 2 aliphatic rings. The van der Waals surface area contributed by atoms with E-state index >= 15 is 0 Å². The molecule has 2 N–H and O–H groups in total. The number of benzene rings is 1. The number of aliphatic hydroxyl groups excluding tert-OH is 1. The number of carbonyl (C=O) groups is 1. The molecule has 0 spiro atoms. The van der Waals surface area contributed by atoms with Gasteiger partial charge in [-0.1, -0.05) is 6.92 Å². The quantitative estimate of drug-likeness (QED) is 0.833. The summed E-state index contributed by atoms with van der Waals surface area (Å²) in [6.45, 7) is 2.77. The zero-order valence-electron chi connectivity index (χ0n) is 15.8. The van der Waals surface area contributed by atoms with Crippen LogP contribution in [0.25, 0.3) is 10.9 Å². The van der Waals surface area contributed by atoms with Gasteiger partial charge in [-0.25, -0.2) is 9.18 Å². The Hall–Kier alpha value is -2.61. The molecular formula is C20H23FN2O5. The van der Waals surface area contributed by atoms with E-state index < -0.39 is 23.3 Å². The Kier molecular flexibility index (Phi) is 4.53. The van der Waals surface area contributed by atoms with E-state index in [1.54, 1.807) is 0 Å². The van der Waals surface area contributed by atoms with Crippen LogP contribution in [0, 0.1) is 11.7 Å². The van der Waals surface area contributed by atoms with Gasteiger partial charge in [-0.15, -0.1) is 0 Å². The lowest BCUT2D eigenvalue weighted by Gasteiger charge is -2.38. The first-order chi connectivity index (χ1) is 13.3. The highest BCUT2D eigenvalue weighted by atomic mass is 19.1. The lowest BCUT2D eigenvalue weighted by Crippen LogP contribution is -2.44. The second-order valence-electron chi connectivity index (χ2n) is 7.72. The number of aliphatic hydroxyl groups is 1. The largest absolute Gasteiger partial charge is 0.494 e. The number of aromatic nitrogens is 1. The third-order valence-electron chi connectivity index (χ3n) is 5.71. The van der Waals surface area contributed by atoms with E-state index in [2.05, 4.69) is 0 Å². The molecule has 1 aliphatic carbocycles. The normalized spacial score (nSPS) is 22.5. The third kappa shape index (κ3) is 2.92. The molecule has 0 bridgehead atoms. The summed E-state index contributed by atoms with van der Waals surface area (Å²) in [5.74, 6) is -1.51. The van der Waals surface area contributed by atoms with Crippen molar-refractivity contribution in [3.8, 4) is 5.75 Å². The number of ether oxygens (including phenoxy) is 1. The molecule has 8 heteroatoms. The Balaban J connectivity index is 2.09. The molecule has 1 aromatic carbocycles. The number of anilines is 1. The fraction of sp³-hybridized carbons (Fsp3) is 0.500. The molecule has 150 valence electrons. The van der Waals surface area contributed by atoms with Crippen LogP contribution in [-0.4, -0.2) is 47.1 Å². The zero-order valence-corrected chi connectivity index (χ0v) is 15.8. The van der Waals surface area contributed by atoms with Gasteiger partial charge in [0.2, 0.25) is 5.43 Å². The van der Waals surface area contributed by atoms with Crippen LogP contribution >= 0.6 is 0 Å². The lowest BCUT2D eigenvalue weighted by molar-refractivity contribution is 0.0694. The second kappa shape index (κ2) is 6.77. The molecule has 1 aromatic heterocycles. The number of piperidine rings is 1. The van der Waals surface area contributed by atoms with Crippen LogP contribution in [-0.2, 0) is 0 Å². The van der Waals surface area contributed by atoms with Crippen molar-refractivity contribution in [2.75, 3.05) is 25.1 Å². The van der Waals surface area contributed by atoms with E-state index in [9.17, 15) is 24.2 Å². The summed E-state index contributed by atoms with van der Waals surface area (Å²) in [5, 5.41) is 19.9. The number of carboxylic acid groups (broad SMARTS) is 1. The predicted molar refractivity (Wildman–Crippen MR) is 102 cm³/mol. The number of halogens is 1. The maximum absolute atomic E-state index is 14.1. The molecule has 7 nitrogen and oxygen atoms in total. The maximum Gasteiger partial charge on any atom is 0.343 e. The van der Waals surface area contributed by atoms with E-state index in [0.29, 0.717) is 30.8 Å². The van der Waals surface area contributed by atoms with Crippen molar-refractivity contribution in [3.05, 3.63) is 33.7 Å². The molecule has 0 amide bonds. The summed E-state index contributed by atoms with van der Waals surface area (Å²) in [4.78, 5) is 27.1. The Labute approximate surface area is 160 Å². The zero-order chi connectivity index (χ0) is 20.2. The maximum atomic E-state index is 14.1. The van der Waals surface area contributed by atoms with E-state index in [1.165, 1.54) is 13.2 Å². The molecule has 1 aliphatic heterocycles. The number of hydrogen-bond donors (Lipinski definition) is 2. The van der Waals surface area contributed by atoms with E-state index in [0.717, 1.165) is 18.9 Å². The average Bonchev–Trinajstić information content (AvgIpc) is 3.48. The van der Waals surface area contributed by atoms with Gasteiger partial charge < -0.3 is 24.4 Å². The predicted octanol–water partition coefficient (Wildman–Crippen LogP) is 2.39. The highest BCUT2D eigenvalue weighted by Crippen LogP contribution is 2.44. The lowest BCUT2D eigenvalue weighted by atomic mass is 9.96. The Morgan fingerprint density at radius 1 is 1.29 bits per heavy atom. The summed E-state index contributed by atoms with van der Waals surface area (Å²) in [6.07, 6.45) is 1.71. The minimum absolute atomic E-state index is 0.00925.